The van der Waals surface area contributed by atoms with Crippen LogP contribution in [0.2, 0.25) is 0 Å². The number of carbonyl (C=O) groups is 2. The number of hydrogen-bond donors (Lipinski definition) is 0. The van der Waals surface area contributed by atoms with Gasteiger partial charge in [0.15, 0.2) is 5.82 Å². The van der Waals surface area contributed by atoms with E-state index in [1.54, 1.807) is 6.92 Å². The maximum absolute atomic E-state index is 15.0. The smallest absolute Gasteiger partial charge is 0.255 e. The molecule has 2 saturated carbocycles. The monoisotopic (exact) mass is 523 g/mol. The molecule has 4 atom stereocenters. The van der Waals surface area contributed by atoms with E-state index in [1.807, 2.05) is 29.2 Å². The molecule has 2 aromatic rings. The third-order valence-electron chi connectivity index (χ3n) is 8.17. The Morgan fingerprint density at radius 2 is 1.84 bits per heavy atom. The van der Waals surface area contributed by atoms with Crippen molar-refractivity contribution < 1.29 is 23.5 Å². The minimum Gasteiger partial charge on any atom is -0.489 e. The quantitative estimate of drug-likeness (QED) is 0.362. The van der Waals surface area contributed by atoms with Gasteiger partial charge in [-0.2, -0.15) is 9.37 Å². The molecule has 0 radical (unpaired) electrons. The third kappa shape index (κ3) is 6.69. The average molecular weight is 524 g/mol. The molecule has 1 aromatic heterocycles. The zero-order chi connectivity index (χ0) is 26.6. The van der Waals surface area contributed by atoms with Crippen LogP contribution in [-0.2, 0) is 9.59 Å². The predicted octanol–water partition coefficient (Wildman–Crippen LogP) is 5.52. The van der Waals surface area contributed by atoms with Crippen molar-refractivity contribution in [1.29, 1.82) is 0 Å². The highest BCUT2D eigenvalue weighted by molar-refractivity contribution is 5.82. The van der Waals surface area contributed by atoms with Crippen molar-refractivity contribution >= 4 is 17.4 Å². The average Bonchev–Trinajstić information content (AvgIpc) is 3.41. The molecule has 8 heteroatoms. The zero-order valence-corrected chi connectivity index (χ0v) is 22.4. The number of Topliss-reactive ketones (excluding diaryl/α,β-unsaturated/α-hetero) is 2. The number of aromatic nitrogens is 2. The van der Waals surface area contributed by atoms with Gasteiger partial charge in [0.1, 0.15) is 29.7 Å². The summed E-state index contributed by atoms with van der Waals surface area (Å²) in [5, 5.41) is 0. The van der Waals surface area contributed by atoms with Gasteiger partial charge in [-0.25, -0.2) is 4.98 Å². The number of benzene rings is 1. The van der Waals surface area contributed by atoms with Crippen molar-refractivity contribution in [2.24, 2.45) is 17.8 Å². The van der Waals surface area contributed by atoms with E-state index < -0.39 is 5.82 Å². The minimum absolute atomic E-state index is 0.0262. The second-order valence-corrected chi connectivity index (χ2v) is 11.5. The van der Waals surface area contributed by atoms with E-state index in [4.69, 9.17) is 9.47 Å². The van der Waals surface area contributed by atoms with Gasteiger partial charge in [0, 0.05) is 31.7 Å². The van der Waals surface area contributed by atoms with E-state index in [0.717, 1.165) is 49.8 Å². The van der Waals surface area contributed by atoms with E-state index in [-0.39, 0.29) is 35.4 Å². The van der Waals surface area contributed by atoms with Gasteiger partial charge in [-0.05, 0) is 74.5 Å². The van der Waals surface area contributed by atoms with Crippen LogP contribution in [0.1, 0.15) is 76.7 Å². The Morgan fingerprint density at radius 1 is 1.08 bits per heavy atom. The molecule has 0 amide bonds. The lowest BCUT2D eigenvalue weighted by molar-refractivity contribution is -0.123. The van der Waals surface area contributed by atoms with Crippen molar-refractivity contribution in [3.8, 4) is 11.6 Å². The number of halogens is 1. The lowest BCUT2D eigenvalue weighted by Gasteiger charge is -2.19. The lowest BCUT2D eigenvalue weighted by atomic mass is 9.89. The van der Waals surface area contributed by atoms with Gasteiger partial charge in [-0.15, -0.1) is 0 Å². The molecular formula is C30H38FN3O4. The number of ether oxygens (including phenoxy) is 2. The molecule has 0 unspecified atom stereocenters. The van der Waals surface area contributed by atoms with E-state index in [2.05, 4.69) is 16.9 Å². The van der Waals surface area contributed by atoms with E-state index in [1.165, 1.54) is 6.33 Å². The first-order valence-electron chi connectivity index (χ1n) is 14.0. The summed E-state index contributed by atoms with van der Waals surface area (Å²) in [4.78, 5) is 34.3. The van der Waals surface area contributed by atoms with Crippen molar-refractivity contribution in [2.45, 2.75) is 77.2 Å². The van der Waals surface area contributed by atoms with Crippen LogP contribution in [0.25, 0.3) is 0 Å². The Kier molecular flexibility index (Phi) is 8.24. The molecule has 1 aromatic carbocycles. The van der Waals surface area contributed by atoms with Gasteiger partial charge in [-0.1, -0.05) is 19.1 Å². The van der Waals surface area contributed by atoms with E-state index >= 15 is 0 Å². The number of carbonyl (C=O) groups excluding carboxylic acids is 2. The van der Waals surface area contributed by atoms with Gasteiger partial charge in [-0.3, -0.25) is 4.79 Å². The molecule has 3 aliphatic rings. The second kappa shape index (κ2) is 11.8. The van der Waals surface area contributed by atoms with Crippen LogP contribution in [0.4, 0.5) is 10.2 Å². The molecule has 2 heterocycles. The zero-order valence-electron chi connectivity index (χ0n) is 22.4. The normalized spacial score (nSPS) is 23.9. The molecule has 0 bridgehead atoms. The van der Waals surface area contributed by atoms with Gasteiger partial charge in [0.25, 0.3) is 5.88 Å². The van der Waals surface area contributed by atoms with Crippen LogP contribution in [0.15, 0.2) is 30.6 Å². The highest BCUT2D eigenvalue weighted by atomic mass is 19.1. The number of anilines is 1. The summed E-state index contributed by atoms with van der Waals surface area (Å²) in [6, 6.07) is 7.96. The fraction of sp³-hybridized carbons (Fsp3) is 0.600. The predicted molar refractivity (Wildman–Crippen MR) is 142 cm³/mol. The lowest BCUT2D eigenvalue weighted by Crippen LogP contribution is -2.26. The molecule has 5 rings (SSSR count). The summed E-state index contributed by atoms with van der Waals surface area (Å²) < 4.78 is 26.7. The molecule has 2 aliphatic carbocycles. The first-order chi connectivity index (χ1) is 18.4. The van der Waals surface area contributed by atoms with Crippen molar-refractivity contribution in [3.05, 3.63) is 42.0 Å². The van der Waals surface area contributed by atoms with Crippen LogP contribution in [0, 0.1) is 23.6 Å². The van der Waals surface area contributed by atoms with Crippen molar-refractivity contribution in [1.82, 2.24) is 9.97 Å². The van der Waals surface area contributed by atoms with Gasteiger partial charge in [0.05, 0.1) is 13.2 Å². The van der Waals surface area contributed by atoms with Gasteiger partial charge in [0.2, 0.25) is 5.82 Å². The Labute approximate surface area is 224 Å². The summed E-state index contributed by atoms with van der Waals surface area (Å²) in [6.07, 6.45) is 8.17. The summed E-state index contributed by atoms with van der Waals surface area (Å²) in [5.41, 5.74) is 1.11. The highest BCUT2D eigenvalue weighted by Gasteiger charge is 2.32. The van der Waals surface area contributed by atoms with Crippen LogP contribution in [-0.4, -0.2) is 47.3 Å². The largest absolute Gasteiger partial charge is 0.489 e. The maximum atomic E-state index is 15.0. The standard InChI is InChI=1S/C30H38FN3O4/c1-19(13-27(36)24-6-5-22(15-24)14-20(2)35)23-7-9-25(10-8-23)38-26-11-12-34(16-26)29-28(31)30(33-18-32-29)37-17-21-3-4-21/h7-10,18-19,21-22,24,26H,3-6,11-17H2,1-2H3/t19-,22+,24+,26-/m1/s1. The summed E-state index contributed by atoms with van der Waals surface area (Å²) in [5.74, 6) is 2.18. The minimum atomic E-state index is -0.506. The number of rotatable bonds is 12. The molecule has 0 N–H and O–H groups in total. The topological polar surface area (TPSA) is 81.6 Å². The van der Waals surface area contributed by atoms with Gasteiger partial charge >= 0.3 is 0 Å². The summed E-state index contributed by atoms with van der Waals surface area (Å²) in [6.45, 7) is 5.40. The van der Waals surface area contributed by atoms with E-state index in [9.17, 15) is 14.0 Å². The molecule has 1 aliphatic heterocycles. The maximum Gasteiger partial charge on any atom is 0.255 e. The van der Waals surface area contributed by atoms with Crippen LogP contribution in [0.5, 0.6) is 11.6 Å². The van der Waals surface area contributed by atoms with Crippen LogP contribution < -0.4 is 14.4 Å². The first-order valence-corrected chi connectivity index (χ1v) is 14.0. The number of hydrogen-bond acceptors (Lipinski definition) is 7. The van der Waals surface area contributed by atoms with Crippen molar-refractivity contribution in [2.75, 3.05) is 24.6 Å². The summed E-state index contributed by atoms with van der Waals surface area (Å²) in [7, 11) is 0. The Bertz CT molecular complexity index is 1140. The Balaban J connectivity index is 1.10. The molecule has 3 fully saturated rings. The SMILES string of the molecule is CC(=O)C[C@@H]1CC[C@H](C(=O)C[C@@H](C)c2ccc(O[C@@H]3CCN(c4ncnc(OCC5CC5)c4F)C3)cc2)C1. The molecule has 38 heavy (non-hydrogen) atoms. The molecule has 0 spiro atoms. The van der Waals surface area contributed by atoms with E-state index in [0.29, 0.717) is 50.2 Å². The number of nitrogens with zero attached hydrogens (tertiary/aromatic N) is 3. The number of ketones is 2. The highest BCUT2D eigenvalue weighted by Crippen LogP contribution is 2.36. The fourth-order valence-corrected chi connectivity index (χ4v) is 5.78. The van der Waals surface area contributed by atoms with Crippen LogP contribution in [0.3, 0.4) is 0 Å². The molecule has 7 nitrogen and oxygen atoms in total. The van der Waals surface area contributed by atoms with Gasteiger partial charge < -0.3 is 19.2 Å². The third-order valence-corrected chi connectivity index (χ3v) is 8.17. The Morgan fingerprint density at radius 3 is 2.58 bits per heavy atom. The first kappa shape index (κ1) is 26.6. The summed E-state index contributed by atoms with van der Waals surface area (Å²) >= 11 is 0. The second-order valence-electron chi connectivity index (χ2n) is 11.5. The Hall–Kier alpha value is -3.03. The molecule has 1 saturated heterocycles. The van der Waals surface area contributed by atoms with Crippen LogP contribution >= 0.6 is 0 Å². The molecule has 204 valence electrons. The molecular weight excluding hydrogens is 485 g/mol. The van der Waals surface area contributed by atoms with Crippen molar-refractivity contribution in [3.63, 3.8) is 0 Å². The fourth-order valence-electron chi connectivity index (χ4n) is 5.78.